The molecule has 3 rings (SSSR count). The molecule has 0 bridgehead atoms. The third kappa shape index (κ3) is 2.90. The van der Waals surface area contributed by atoms with Crippen molar-refractivity contribution >= 4 is 0 Å². The molecule has 1 aromatic rings. The van der Waals surface area contributed by atoms with Crippen molar-refractivity contribution in [3.05, 3.63) is 17.7 Å². The third-order valence-electron chi connectivity index (χ3n) is 4.62. The molecule has 0 spiro atoms. The Morgan fingerprint density at radius 3 is 2.60 bits per heavy atom. The van der Waals surface area contributed by atoms with Gasteiger partial charge >= 0.3 is 0 Å². The fraction of sp³-hybridized carbons (Fsp3) is 0.800. The SMILES string of the molecule is Cc1cn(C)c([C@H]2CN(C3CCN(C)CC3)CCO2)n1. The molecule has 2 aliphatic heterocycles. The van der Waals surface area contributed by atoms with Gasteiger partial charge in [0.2, 0.25) is 0 Å². The summed E-state index contributed by atoms with van der Waals surface area (Å²) < 4.78 is 8.07. The molecule has 0 amide bonds. The van der Waals surface area contributed by atoms with E-state index in [0.717, 1.165) is 37.3 Å². The van der Waals surface area contributed by atoms with Crippen LogP contribution in [-0.4, -0.2) is 65.2 Å². The van der Waals surface area contributed by atoms with Gasteiger partial charge in [0.15, 0.2) is 0 Å². The zero-order chi connectivity index (χ0) is 14.1. The van der Waals surface area contributed by atoms with Gasteiger partial charge in [0.25, 0.3) is 0 Å². The van der Waals surface area contributed by atoms with E-state index in [1.165, 1.54) is 25.9 Å². The first-order valence-corrected chi connectivity index (χ1v) is 7.67. The van der Waals surface area contributed by atoms with Crippen LogP contribution in [0.1, 0.15) is 30.5 Å². The van der Waals surface area contributed by atoms with E-state index in [1.54, 1.807) is 0 Å². The van der Waals surface area contributed by atoms with Gasteiger partial charge < -0.3 is 14.2 Å². The quantitative estimate of drug-likeness (QED) is 0.814. The molecular formula is C15H26N4O. The minimum atomic E-state index is 0.127. The largest absolute Gasteiger partial charge is 0.368 e. The van der Waals surface area contributed by atoms with Gasteiger partial charge in [-0.2, -0.15) is 0 Å². The third-order valence-corrected chi connectivity index (χ3v) is 4.62. The maximum absolute atomic E-state index is 5.96. The monoisotopic (exact) mass is 278 g/mol. The number of aromatic nitrogens is 2. The normalized spacial score (nSPS) is 27.1. The first kappa shape index (κ1) is 14.0. The molecule has 0 unspecified atom stereocenters. The maximum atomic E-state index is 5.96. The van der Waals surface area contributed by atoms with Crippen LogP contribution in [0, 0.1) is 6.92 Å². The Bertz CT molecular complexity index is 451. The molecule has 0 saturated carbocycles. The average molecular weight is 278 g/mol. The smallest absolute Gasteiger partial charge is 0.139 e. The number of hydrogen-bond donors (Lipinski definition) is 0. The second kappa shape index (κ2) is 5.84. The molecule has 3 heterocycles. The Labute approximate surface area is 121 Å². The topological polar surface area (TPSA) is 33.5 Å². The van der Waals surface area contributed by atoms with Gasteiger partial charge in [-0.15, -0.1) is 0 Å². The summed E-state index contributed by atoms with van der Waals surface area (Å²) in [5, 5.41) is 0. The van der Waals surface area contributed by atoms with E-state index in [9.17, 15) is 0 Å². The van der Waals surface area contributed by atoms with Crippen LogP contribution < -0.4 is 0 Å². The van der Waals surface area contributed by atoms with Crippen LogP contribution in [-0.2, 0) is 11.8 Å². The van der Waals surface area contributed by atoms with Crippen molar-refractivity contribution < 1.29 is 4.74 Å². The van der Waals surface area contributed by atoms with Crippen molar-refractivity contribution in [1.82, 2.24) is 19.4 Å². The number of aryl methyl sites for hydroxylation is 2. The summed E-state index contributed by atoms with van der Waals surface area (Å²) in [6, 6.07) is 0.721. The molecule has 2 fully saturated rings. The molecule has 0 aliphatic carbocycles. The minimum Gasteiger partial charge on any atom is -0.368 e. The number of nitrogens with zero attached hydrogens (tertiary/aromatic N) is 4. The van der Waals surface area contributed by atoms with E-state index in [2.05, 4.69) is 39.6 Å². The molecule has 0 N–H and O–H groups in total. The van der Waals surface area contributed by atoms with Crippen LogP contribution in [0.4, 0.5) is 0 Å². The number of ether oxygens (including phenoxy) is 1. The van der Waals surface area contributed by atoms with E-state index >= 15 is 0 Å². The van der Waals surface area contributed by atoms with Crippen molar-refractivity contribution in [2.24, 2.45) is 7.05 Å². The van der Waals surface area contributed by atoms with Crippen molar-refractivity contribution in [3.8, 4) is 0 Å². The first-order chi connectivity index (χ1) is 9.63. The molecular weight excluding hydrogens is 252 g/mol. The van der Waals surface area contributed by atoms with Gasteiger partial charge in [-0.1, -0.05) is 0 Å². The first-order valence-electron chi connectivity index (χ1n) is 7.67. The Hall–Kier alpha value is -0.910. The second-order valence-electron chi connectivity index (χ2n) is 6.24. The molecule has 1 atom stereocenters. The summed E-state index contributed by atoms with van der Waals surface area (Å²) in [6.45, 7) is 7.35. The fourth-order valence-electron chi connectivity index (χ4n) is 3.45. The summed E-state index contributed by atoms with van der Waals surface area (Å²) in [7, 11) is 4.28. The summed E-state index contributed by atoms with van der Waals surface area (Å²) in [5.41, 5.74) is 1.07. The average Bonchev–Trinajstić information content (AvgIpc) is 2.79. The predicted molar refractivity (Wildman–Crippen MR) is 78.7 cm³/mol. The van der Waals surface area contributed by atoms with E-state index in [0.29, 0.717) is 0 Å². The van der Waals surface area contributed by atoms with Crippen LogP contribution in [0.25, 0.3) is 0 Å². The number of hydrogen-bond acceptors (Lipinski definition) is 4. The molecule has 2 aliphatic rings. The van der Waals surface area contributed by atoms with E-state index in [-0.39, 0.29) is 6.10 Å². The lowest BCUT2D eigenvalue weighted by molar-refractivity contribution is -0.0572. The molecule has 20 heavy (non-hydrogen) atoms. The van der Waals surface area contributed by atoms with Crippen LogP contribution >= 0.6 is 0 Å². The van der Waals surface area contributed by atoms with Crippen molar-refractivity contribution in [1.29, 1.82) is 0 Å². The Morgan fingerprint density at radius 2 is 1.95 bits per heavy atom. The van der Waals surface area contributed by atoms with E-state index in [4.69, 9.17) is 4.74 Å². The predicted octanol–water partition coefficient (Wildman–Crippen LogP) is 1.20. The summed E-state index contributed by atoms with van der Waals surface area (Å²) in [4.78, 5) is 9.67. The number of likely N-dealkylation sites (tertiary alicyclic amines) is 1. The van der Waals surface area contributed by atoms with Gasteiger partial charge in [0.05, 0.1) is 12.3 Å². The number of piperidine rings is 1. The van der Waals surface area contributed by atoms with Crippen LogP contribution in [0.2, 0.25) is 0 Å². The molecule has 5 heteroatoms. The van der Waals surface area contributed by atoms with Gasteiger partial charge in [-0.25, -0.2) is 4.98 Å². The highest BCUT2D eigenvalue weighted by Crippen LogP contribution is 2.25. The molecule has 5 nitrogen and oxygen atoms in total. The standard InChI is InChI=1S/C15H26N4O/c1-12-10-18(3)15(16-12)14-11-19(8-9-20-14)13-4-6-17(2)7-5-13/h10,13-14H,4-9,11H2,1-3H3/t14-/m1/s1. The van der Waals surface area contributed by atoms with Crippen molar-refractivity contribution in [3.63, 3.8) is 0 Å². The maximum Gasteiger partial charge on any atom is 0.139 e. The van der Waals surface area contributed by atoms with Gasteiger partial charge in [-0.05, 0) is 39.9 Å². The lowest BCUT2D eigenvalue weighted by Gasteiger charge is -2.41. The van der Waals surface area contributed by atoms with Crippen molar-refractivity contribution in [2.45, 2.75) is 31.9 Å². The van der Waals surface area contributed by atoms with Crippen molar-refractivity contribution in [2.75, 3.05) is 39.8 Å². The molecule has 112 valence electrons. The lowest BCUT2D eigenvalue weighted by atomic mass is 10.0. The lowest BCUT2D eigenvalue weighted by Crippen LogP contribution is -2.49. The fourth-order valence-corrected chi connectivity index (χ4v) is 3.45. The summed E-state index contributed by atoms with van der Waals surface area (Å²) >= 11 is 0. The van der Waals surface area contributed by atoms with E-state index < -0.39 is 0 Å². The highest BCUT2D eigenvalue weighted by Gasteiger charge is 2.30. The molecule has 1 aromatic heterocycles. The summed E-state index contributed by atoms with van der Waals surface area (Å²) in [6.07, 6.45) is 4.76. The Morgan fingerprint density at radius 1 is 1.20 bits per heavy atom. The Kier molecular flexibility index (Phi) is 4.10. The highest BCUT2D eigenvalue weighted by molar-refractivity contribution is 5.05. The van der Waals surface area contributed by atoms with Gasteiger partial charge in [0.1, 0.15) is 11.9 Å². The zero-order valence-corrected chi connectivity index (χ0v) is 12.9. The highest BCUT2D eigenvalue weighted by atomic mass is 16.5. The van der Waals surface area contributed by atoms with Crippen LogP contribution in [0.15, 0.2) is 6.20 Å². The molecule has 0 aromatic carbocycles. The molecule has 2 saturated heterocycles. The number of imidazole rings is 1. The van der Waals surface area contributed by atoms with Gasteiger partial charge in [0, 0.05) is 32.4 Å². The van der Waals surface area contributed by atoms with Crippen LogP contribution in [0.5, 0.6) is 0 Å². The summed E-state index contributed by atoms with van der Waals surface area (Å²) in [5.74, 6) is 1.07. The molecule has 0 radical (unpaired) electrons. The zero-order valence-electron chi connectivity index (χ0n) is 12.9. The Balaban J connectivity index is 1.66. The van der Waals surface area contributed by atoms with E-state index in [1.807, 2.05) is 6.92 Å². The number of rotatable bonds is 2. The minimum absolute atomic E-state index is 0.127. The van der Waals surface area contributed by atoms with Gasteiger partial charge in [-0.3, -0.25) is 4.90 Å². The number of morpholine rings is 1. The second-order valence-corrected chi connectivity index (χ2v) is 6.24. The van der Waals surface area contributed by atoms with Crippen LogP contribution in [0.3, 0.4) is 0 Å².